The van der Waals surface area contributed by atoms with Gasteiger partial charge in [-0.15, -0.1) is 11.3 Å². The van der Waals surface area contributed by atoms with E-state index in [1.165, 1.54) is 34.6 Å². The summed E-state index contributed by atoms with van der Waals surface area (Å²) < 4.78 is 53.9. The topological polar surface area (TPSA) is 79.4 Å². The summed E-state index contributed by atoms with van der Waals surface area (Å²) in [7, 11) is -3.57. The lowest BCUT2D eigenvalue weighted by Gasteiger charge is -2.25. The fourth-order valence-electron chi connectivity index (χ4n) is 3.35. The molecule has 31 heavy (non-hydrogen) atoms. The van der Waals surface area contributed by atoms with Gasteiger partial charge in [-0.2, -0.15) is 4.31 Å². The van der Waals surface area contributed by atoms with Crippen LogP contribution in [0.15, 0.2) is 52.7 Å². The fourth-order valence-corrected chi connectivity index (χ4v) is 5.58. The number of rotatable bonds is 5. The summed E-state index contributed by atoms with van der Waals surface area (Å²) in [6, 6.07) is 8.91. The van der Waals surface area contributed by atoms with Crippen LogP contribution < -0.4 is 5.32 Å². The van der Waals surface area contributed by atoms with E-state index in [0.29, 0.717) is 13.1 Å². The smallest absolute Gasteiger partial charge is 0.257 e. The number of nitrogens with one attached hydrogen (secondary N) is 1. The normalized spacial score (nSPS) is 15.0. The standard InChI is InChI=1S/C21H19F2N3O3S2/c22-15-6-9-17(18(23)12-15)19-13-30-21(24-19)25-20(27)14-4-7-16(8-5-14)31(28,29)26-10-2-1-3-11-26/h4-9,12-13H,1-3,10-11H2,(H,24,25,27). The summed E-state index contributed by atoms with van der Waals surface area (Å²) in [5.41, 5.74) is 0.675. The molecule has 1 aliphatic rings. The van der Waals surface area contributed by atoms with Gasteiger partial charge in [-0.1, -0.05) is 6.42 Å². The number of carbonyl (C=O) groups excluding carboxylic acids is 1. The van der Waals surface area contributed by atoms with Crippen LogP contribution in [0.2, 0.25) is 0 Å². The van der Waals surface area contributed by atoms with Crippen molar-refractivity contribution in [2.24, 2.45) is 0 Å². The molecule has 162 valence electrons. The van der Waals surface area contributed by atoms with Crippen molar-refractivity contribution in [3.63, 3.8) is 0 Å². The van der Waals surface area contributed by atoms with Gasteiger partial charge in [-0.25, -0.2) is 22.2 Å². The molecule has 10 heteroatoms. The number of carbonyl (C=O) groups is 1. The number of thiazole rings is 1. The molecule has 2 heterocycles. The second-order valence-electron chi connectivity index (χ2n) is 7.11. The van der Waals surface area contributed by atoms with Crippen LogP contribution in [0.25, 0.3) is 11.3 Å². The van der Waals surface area contributed by atoms with Gasteiger partial charge >= 0.3 is 0 Å². The Morgan fingerprint density at radius 1 is 1.03 bits per heavy atom. The molecule has 1 aromatic heterocycles. The highest BCUT2D eigenvalue weighted by Gasteiger charge is 2.26. The van der Waals surface area contributed by atoms with Crippen LogP contribution in [-0.4, -0.2) is 36.7 Å². The molecule has 0 aliphatic carbocycles. The summed E-state index contributed by atoms with van der Waals surface area (Å²) in [6.07, 6.45) is 2.71. The molecule has 0 bridgehead atoms. The minimum Gasteiger partial charge on any atom is -0.298 e. The molecule has 1 aliphatic heterocycles. The molecule has 0 radical (unpaired) electrons. The maximum Gasteiger partial charge on any atom is 0.257 e. The van der Waals surface area contributed by atoms with Gasteiger partial charge in [0.1, 0.15) is 11.6 Å². The van der Waals surface area contributed by atoms with E-state index in [-0.39, 0.29) is 26.8 Å². The van der Waals surface area contributed by atoms with Gasteiger partial charge < -0.3 is 0 Å². The van der Waals surface area contributed by atoms with Crippen LogP contribution in [0.1, 0.15) is 29.6 Å². The zero-order chi connectivity index (χ0) is 22.0. The van der Waals surface area contributed by atoms with Crippen LogP contribution in [0.3, 0.4) is 0 Å². The Balaban J connectivity index is 1.46. The number of nitrogens with zero attached hydrogens (tertiary/aromatic N) is 2. The third-order valence-corrected chi connectivity index (χ3v) is 7.67. The Hall–Kier alpha value is -2.69. The van der Waals surface area contributed by atoms with E-state index >= 15 is 0 Å². The molecule has 1 amide bonds. The number of amides is 1. The maximum absolute atomic E-state index is 13.9. The number of hydrogen-bond acceptors (Lipinski definition) is 5. The molecule has 1 fully saturated rings. The Kier molecular flexibility index (Phi) is 6.12. The molecule has 0 atom stereocenters. The zero-order valence-electron chi connectivity index (χ0n) is 16.3. The maximum atomic E-state index is 13.9. The van der Waals surface area contributed by atoms with Crippen molar-refractivity contribution in [1.29, 1.82) is 0 Å². The van der Waals surface area contributed by atoms with Crippen LogP contribution in [0.5, 0.6) is 0 Å². The molecular weight excluding hydrogens is 444 g/mol. The van der Waals surface area contributed by atoms with Gasteiger partial charge in [0.15, 0.2) is 5.13 Å². The van der Waals surface area contributed by atoms with Crippen molar-refractivity contribution in [1.82, 2.24) is 9.29 Å². The van der Waals surface area contributed by atoms with Gasteiger partial charge in [0.25, 0.3) is 5.91 Å². The van der Waals surface area contributed by atoms with Gasteiger partial charge in [-0.3, -0.25) is 10.1 Å². The Bertz CT molecular complexity index is 1200. The van der Waals surface area contributed by atoms with E-state index in [9.17, 15) is 22.0 Å². The Labute approximate surface area is 182 Å². The molecule has 4 rings (SSSR count). The third-order valence-electron chi connectivity index (χ3n) is 5.00. The lowest BCUT2D eigenvalue weighted by Crippen LogP contribution is -2.35. The van der Waals surface area contributed by atoms with Crippen molar-refractivity contribution in [3.05, 3.63) is 65.0 Å². The molecule has 0 saturated carbocycles. The zero-order valence-corrected chi connectivity index (χ0v) is 18.0. The number of benzene rings is 2. The Morgan fingerprint density at radius 2 is 1.74 bits per heavy atom. The number of piperidine rings is 1. The van der Waals surface area contributed by atoms with Gasteiger partial charge in [0, 0.05) is 35.7 Å². The number of anilines is 1. The number of sulfonamides is 1. The molecule has 0 spiro atoms. The van der Waals surface area contributed by atoms with E-state index in [1.807, 2.05) is 0 Å². The van der Waals surface area contributed by atoms with Crippen LogP contribution in [0.4, 0.5) is 13.9 Å². The van der Waals surface area contributed by atoms with Gasteiger partial charge in [0.05, 0.1) is 10.6 Å². The van der Waals surface area contributed by atoms with Crippen molar-refractivity contribution in [2.45, 2.75) is 24.2 Å². The first-order valence-corrected chi connectivity index (χ1v) is 12.0. The van der Waals surface area contributed by atoms with E-state index in [1.54, 1.807) is 5.38 Å². The molecule has 0 unspecified atom stereocenters. The summed E-state index contributed by atoms with van der Waals surface area (Å²) in [4.78, 5) is 16.8. The highest BCUT2D eigenvalue weighted by atomic mass is 32.2. The summed E-state index contributed by atoms with van der Waals surface area (Å²) >= 11 is 1.10. The largest absolute Gasteiger partial charge is 0.298 e. The molecule has 3 aromatic rings. The highest BCUT2D eigenvalue weighted by Crippen LogP contribution is 2.28. The average molecular weight is 464 g/mol. The average Bonchev–Trinajstić information content (AvgIpc) is 3.22. The molecular formula is C21H19F2N3O3S2. The SMILES string of the molecule is O=C(Nc1nc(-c2ccc(F)cc2F)cs1)c1ccc(S(=O)(=O)N2CCCCC2)cc1. The van der Waals surface area contributed by atoms with Gasteiger partial charge in [-0.05, 0) is 49.2 Å². The molecule has 2 aromatic carbocycles. The first kappa shape index (κ1) is 21.5. The highest BCUT2D eigenvalue weighted by molar-refractivity contribution is 7.89. The van der Waals surface area contributed by atoms with E-state index in [0.717, 1.165) is 42.7 Å². The van der Waals surface area contributed by atoms with Gasteiger partial charge in [0.2, 0.25) is 10.0 Å². The first-order valence-electron chi connectivity index (χ1n) is 9.67. The molecule has 1 saturated heterocycles. The van der Waals surface area contributed by atoms with E-state index in [4.69, 9.17) is 0 Å². The minimum atomic E-state index is -3.57. The quantitative estimate of drug-likeness (QED) is 0.604. The Morgan fingerprint density at radius 3 is 2.42 bits per heavy atom. The monoisotopic (exact) mass is 463 g/mol. The second-order valence-corrected chi connectivity index (χ2v) is 9.90. The first-order chi connectivity index (χ1) is 14.8. The van der Waals surface area contributed by atoms with E-state index < -0.39 is 27.6 Å². The lowest BCUT2D eigenvalue weighted by atomic mass is 10.1. The number of hydrogen-bond donors (Lipinski definition) is 1. The predicted octanol–water partition coefficient (Wildman–Crippen LogP) is 4.52. The lowest BCUT2D eigenvalue weighted by molar-refractivity contribution is 0.102. The van der Waals surface area contributed by atoms with Crippen molar-refractivity contribution >= 4 is 32.4 Å². The predicted molar refractivity (Wildman–Crippen MR) is 114 cm³/mol. The van der Waals surface area contributed by atoms with Crippen molar-refractivity contribution < 1.29 is 22.0 Å². The second kappa shape index (κ2) is 8.81. The number of halogens is 2. The van der Waals surface area contributed by atoms with Crippen LogP contribution >= 0.6 is 11.3 Å². The number of aromatic nitrogens is 1. The van der Waals surface area contributed by atoms with Crippen molar-refractivity contribution in [2.75, 3.05) is 18.4 Å². The molecule has 6 nitrogen and oxygen atoms in total. The van der Waals surface area contributed by atoms with Crippen molar-refractivity contribution in [3.8, 4) is 11.3 Å². The summed E-state index contributed by atoms with van der Waals surface area (Å²) in [5.74, 6) is -1.90. The summed E-state index contributed by atoms with van der Waals surface area (Å²) in [5, 5.41) is 4.41. The minimum absolute atomic E-state index is 0.130. The van der Waals surface area contributed by atoms with E-state index in [2.05, 4.69) is 10.3 Å². The van der Waals surface area contributed by atoms with Crippen LogP contribution in [-0.2, 0) is 10.0 Å². The van der Waals surface area contributed by atoms with Crippen LogP contribution in [0, 0.1) is 11.6 Å². The summed E-state index contributed by atoms with van der Waals surface area (Å²) in [6.45, 7) is 1.01. The fraction of sp³-hybridized carbons (Fsp3) is 0.238. The molecule has 1 N–H and O–H groups in total. The third kappa shape index (κ3) is 4.65.